The summed E-state index contributed by atoms with van der Waals surface area (Å²) < 4.78 is 5.03. The standard InChI is InChI=1S/C8H12N2O2S2/c1-5(2)7-9-8(14-10-7)13-4-3-6(11)12/h5H,3-4H2,1-2H3,(H,11,12). The zero-order valence-corrected chi connectivity index (χ0v) is 9.69. The highest BCUT2D eigenvalue weighted by Gasteiger charge is 2.08. The van der Waals surface area contributed by atoms with E-state index in [1.54, 1.807) is 0 Å². The van der Waals surface area contributed by atoms with Gasteiger partial charge in [0.1, 0.15) is 5.82 Å². The molecular weight excluding hydrogens is 220 g/mol. The van der Waals surface area contributed by atoms with Crippen molar-refractivity contribution < 1.29 is 9.90 Å². The van der Waals surface area contributed by atoms with Gasteiger partial charge in [-0.1, -0.05) is 25.6 Å². The Kier molecular flexibility index (Phi) is 4.34. The van der Waals surface area contributed by atoms with Crippen LogP contribution >= 0.6 is 23.3 Å². The summed E-state index contributed by atoms with van der Waals surface area (Å²) in [5.41, 5.74) is 0. The average Bonchev–Trinajstić information content (AvgIpc) is 2.52. The SMILES string of the molecule is CC(C)c1nsc(SCCC(=O)O)n1. The number of carbonyl (C=O) groups is 1. The lowest BCUT2D eigenvalue weighted by Gasteiger charge is -1.94. The van der Waals surface area contributed by atoms with Gasteiger partial charge < -0.3 is 5.11 Å². The molecule has 1 aromatic heterocycles. The fourth-order valence-electron chi connectivity index (χ4n) is 0.739. The molecule has 0 radical (unpaired) electrons. The number of thioether (sulfide) groups is 1. The molecule has 1 heterocycles. The van der Waals surface area contributed by atoms with E-state index in [9.17, 15) is 4.79 Å². The molecule has 14 heavy (non-hydrogen) atoms. The molecule has 0 aliphatic carbocycles. The molecule has 0 aliphatic heterocycles. The molecule has 0 aliphatic rings. The Hall–Kier alpha value is -0.620. The van der Waals surface area contributed by atoms with Gasteiger partial charge in [-0.3, -0.25) is 4.79 Å². The molecule has 1 rings (SSSR count). The van der Waals surface area contributed by atoms with E-state index < -0.39 is 5.97 Å². The van der Waals surface area contributed by atoms with E-state index in [4.69, 9.17) is 5.11 Å². The van der Waals surface area contributed by atoms with Crippen molar-refractivity contribution in [1.29, 1.82) is 0 Å². The van der Waals surface area contributed by atoms with Crippen LogP contribution in [0.2, 0.25) is 0 Å². The number of carboxylic acids is 1. The van der Waals surface area contributed by atoms with Gasteiger partial charge in [0.2, 0.25) is 0 Å². The minimum atomic E-state index is -0.772. The van der Waals surface area contributed by atoms with E-state index in [1.807, 2.05) is 13.8 Å². The Balaban J connectivity index is 2.40. The monoisotopic (exact) mass is 232 g/mol. The molecule has 0 saturated carbocycles. The van der Waals surface area contributed by atoms with Crippen LogP contribution in [0, 0.1) is 0 Å². The fourth-order valence-corrected chi connectivity index (χ4v) is 2.48. The van der Waals surface area contributed by atoms with Gasteiger partial charge in [-0.2, -0.15) is 4.37 Å². The molecule has 0 unspecified atom stereocenters. The van der Waals surface area contributed by atoms with E-state index in [0.29, 0.717) is 11.7 Å². The van der Waals surface area contributed by atoms with Gasteiger partial charge in [-0.25, -0.2) is 4.98 Å². The summed E-state index contributed by atoms with van der Waals surface area (Å²) in [6.45, 7) is 4.07. The lowest BCUT2D eigenvalue weighted by molar-refractivity contribution is -0.136. The smallest absolute Gasteiger partial charge is 0.304 e. The van der Waals surface area contributed by atoms with Crippen LogP contribution < -0.4 is 0 Å². The number of rotatable bonds is 5. The summed E-state index contributed by atoms with van der Waals surface area (Å²) in [6, 6.07) is 0. The van der Waals surface area contributed by atoms with Gasteiger partial charge in [0.15, 0.2) is 4.34 Å². The number of aromatic nitrogens is 2. The Morgan fingerprint density at radius 1 is 1.64 bits per heavy atom. The Bertz CT molecular complexity index is 312. The Morgan fingerprint density at radius 2 is 2.36 bits per heavy atom. The third-order valence-electron chi connectivity index (χ3n) is 1.48. The number of hydrogen-bond acceptors (Lipinski definition) is 5. The maximum atomic E-state index is 10.3. The highest BCUT2D eigenvalue weighted by Crippen LogP contribution is 2.23. The van der Waals surface area contributed by atoms with Crippen LogP contribution in [-0.4, -0.2) is 26.2 Å². The predicted octanol–water partition coefficient (Wildman–Crippen LogP) is 2.23. The molecule has 0 fully saturated rings. The first-order valence-electron chi connectivity index (χ1n) is 4.27. The van der Waals surface area contributed by atoms with Crippen LogP contribution in [0.1, 0.15) is 32.0 Å². The first-order valence-corrected chi connectivity index (χ1v) is 6.03. The molecule has 4 nitrogen and oxygen atoms in total. The summed E-state index contributed by atoms with van der Waals surface area (Å²) >= 11 is 2.79. The lowest BCUT2D eigenvalue weighted by atomic mass is 10.2. The number of nitrogens with zero attached hydrogens (tertiary/aromatic N) is 2. The van der Waals surface area contributed by atoms with E-state index in [0.717, 1.165) is 10.2 Å². The van der Waals surface area contributed by atoms with Crippen molar-refractivity contribution in [2.24, 2.45) is 0 Å². The third kappa shape index (κ3) is 3.63. The second kappa shape index (κ2) is 5.31. The average molecular weight is 232 g/mol. The summed E-state index contributed by atoms with van der Waals surface area (Å²) in [5, 5.41) is 8.44. The van der Waals surface area contributed by atoms with E-state index in [-0.39, 0.29) is 6.42 Å². The molecule has 0 spiro atoms. The molecule has 6 heteroatoms. The van der Waals surface area contributed by atoms with Crippen molar-refractivity contribution in [3.63, 3.8) is 0 Å². The van der Waals surface area contributed by atoms with E-state index in [2.05, 4.69) is 9.36 Å². The maximum Gasteiger partial charge on any atom is 0.304 e. The van der Waals surface area contributed by atoms with Crippen LogP contribution in [0.4, 0.5) is 0 Å². The quantitative estimate of drug-likeness (QED) is 0.789. The van der Waals surface area contributed by atoms with E-state index in [1.165, 1.54) is 23.3 Å². The van der Waals surface area contributed by atoms with Gasteiger partial charge in [0.25, 0.3) is 0 Å². The Morgan fingerprint density at radius 3 is 2.86 bits per heavy atom. The molecule has 0 saturated heterocycles. The van der Waals surface area contributed by atoms with Gasteiger partial charge in [-0.05, 0) is 11.5 Å². The largest absolute Gasteiger partial charge is 0.481 e. The molecule has 1 N–H and O–H groups in total. The van der Waals surface area contributed by atoms with Crippen LogP contribution in [0.3, 0.4) is 0 Å². The van der Waals surface area contributed by atoms with Crippen LogP contribution in [0.25, 0.3) is 0 Å². The molecule has 0 aromatic carbocycles. The fraction of sp³-hybridized carbons (Fsp3) is 0.625. The third-order valence-corrected chi connectivity index (χ3v) is 3.33. The summed E-state index contributed by atoms with van der Waals surface area (Å²) in [6.07, 6.45) is 0.168. The van der Waals surface area contributed by atoms with Crippen molar-refractivity contribution in [3.05, 3.63) is 5.82 Å². The summed E-state index contributed by atoms with van der Waals surface area (Å²) in [5.74, 6) is 0.959. The molecule has 78 valence electrons. The number of carboxylic acid groups (broad SMARTS) is 1. The topological polar surface area (TPSA) is 63.1 Å². The van der Waals surface area contributed by atoms with Gasteiger partial charge in [-0.15, -0.1) is 0 Å². The van der Waals surface area contributed by atoms with Crippen molar-refractivity contribution in [1.82, 2.24) is 9.36 Å². The highest BCUT2D eigenvalue weighted by molar-refractivity contribution is 8.00. The zero-order valence-electron chi connectivity index (χ0n) is 8.06. The molecule has 0 amide bonds. The Labute approximate surface area is 90.9 Å². The van der Waals surface area contributed by atoms with E-state index >= 15 is 0 Å². The van der Waals surface area contributed by atoms with Gasteiger partial charge >= 0.3 is 5.97 Å². The highest BCUT2D eigenvalue weighted by atomic mass is 32.2. The van der Waals surface area contributed by atoms with Crippen molar-refractivity contribution in [2.45, 2.75) is 30.5 Å². The van der Waals surface area contributed by atoms with Crippen LogP contribution in [0.5, 0.6) is 0 Å². The predicted molar refractivity (Wildman–Crippen MR) is 57.0 cm³/mol. The van der Waals surface area contributed by atoms with Crippen molar-refractivity contribution in [3.8, 4) is 0 Å². The second-order valence-electron chi connectivity index (χ2n) is 3.07. The second-order valence-corrected chi connectivity index (χ2v) is 5.16. The summed E-state index contributed by atoms with van der Waals surface area (Å²) in [7, 11) is 0. The normalized spacial score (nSPS) is 10.8. The molecule has 0 atom stereocenters. The van der Waals surface area contributed by atoms with Crippen LogP contribution in [-0.2, 0) is 4.79 Å². The van der Waals surface area contributed by atoms with Gasteiger partial charge in [0, 0.05) is 11.7 Å². The lowest BCUT2D eigenvalue weighted by Crippen LogP contribution is -1.95. The molecule has 0 bridgehead atoms. The maximum absolute atomic E-state index is 10.3. The molecular formula is C8H12N2O2S2. The minimum Gasteiger partial charge on any atom is -0.481 e. The van der Waals surface area contributed by atoms with Crippen molar-refractivity contribution in [2.75, 3.05) is 5.75 Å². The number of hydrogen-bond donors (Lipinski definition) is 1. The van der Waals surface area contributed by atoms with Gasteiger partial charge in [0.05, 0.1) is 6.42 Å². The van der Waals surface area contributed by atoms with Crippen LogP contribution in [0.15, 0.2) is 4.34 Å². The number of aliphatic carboxylic acids is 1. The summed E-state index contributed by atoms with van der Waals surface area (Å²) in [4.78, 5) is 14.5. The molecule has 1 aromatic rings. The minimum absolute atomic E-state index is 0.168. The first-order chi connectivity index (χ1) is 6.59. The van der Waals surface area contributed by atoms with Crippen molar-refractivity contribution >= 4 is 29.3 Å². The zero-order chi connectivity index (χ0) is 10.6. The first kappa shape index (κ1) is 11.5.